The molecule has 2 unspecified atom stereocenters. The van der Waals surface area contributed by atoms with Crippen LogP contribution in [-0.4, -0.2) is 43.3 Å². The third-order valence-corrected chi connectivity index (χ3v) is 6.41. The van der Waals surface area contributed by atoms with Crippen LogP contribution in [0.25, 0.3) is 5.65 Å². The highest BCUT2D eigenvalue weighted by Gasteiger charge is 2.55. The number of nitrogens with zero attached hydrogens (tertiary/aromatic N) is 4. The van der Waals surface area contributed by atoms with E-state index >= 15 is 0 Å². The van der Waals surface area contributed by atoms with Gasteiger partial charge in [-0.05, 0) is 46.1 Å². The highest BCUT2D eigenvalue weighted by Crippen LogP contribution is 2.53. The smallest absolute Gasteiger partial charge is 0.174 e. The second kappa shape index (κ2) is 6.67. The Labute approximate surface area is 176 Å². The first-order valence-electron chi connectivity index (χ1n) is 10.6. The molecule has 0 spiro atoms. The Hall–Kier alpha value is -2.67. The average Bonchev–Trinajstić information content (AvgIpc) is 3.42. The molecule has 2 aliphatic rings. The molecule has 7 nitrogen and oxygen atoms in total. The summed E-state index contributed by atoms with van der Waals surface area (Å²) in [7, 11) is 1.85. The maximum Gasteiger partial charge on any atom is 0.174 e. The lowest BCUT2D eigenvalue weighted by molar-refractivity contribution is -0.00627. The number of Topliss-reactive ketones (excluding diaryl/α,β-unsaturated/α-hetero) is 1. The number of rotatable bonds is 6. The number of aromatic nitrogens is 4. The van der Waals surface area contributed by atoms with E-state index in [4.69, 9.17) is 14.5 Å². The molecule has 0 radical (unpaired) electrons. The molecule has 1 aliphatic carbocycles. The predicted octanol–water partition coefficient (Wildman–Crippen LogP) is 3.49. The van der Waals surface area contributed by atoms with E-state index in [2.05, 4.69) is 18.2 Å². The zero-order valence-electron chi connectivity index (χ0n) is 18.0. The van der Waals surface area contributed by atoms with Crippen molar-refractivity contribution in [3.8, 4) is 5.75 Å². The van der Waals surface area contributed by atoms with Gasteiger partial charge in [-0.3, -0.25) is 9.48 Å². The van der Waals surface area contributed by atoms with Gasteiger partial charge < -0.3 is 13.9 Å². The minimum absolute atomic E-state index is 0.0159. The standard InChI is InChI=1S/C23H28N4O3/c1-15(2)30-19-10-21-24-20(23-7-6-22(3,13-23)29-14-23)12-27(21)11-17(19)18(28)9-16-5-8-26(4)25-16/h5,8,10-12,15H,6-7,9,13-14H2,1-4H3. The lowest BCUT2D eigenvalue weighted by atomic mass is 9.84. The van der Waals surface area contributed by atoms with Crippen LogP contribution in [0.4, 0.5) is 0 Å². The third kappa shape index (κ3) is 3.21. The van der Waals surface area contributed by atoms with E-state index < -0.39 is 0 Å². The van der Waals surface area contributed by atoms with Crippen LogP contribution in [0.1, 0.15) is 61.8 Å². The van der Waals surface area contributed by atoms with Crippen molar-refractivity contribution in [2.24, 2.45) is 7.05 Å². The molecule has 3 aromatic rings. The van der Waals surface area contributed by atoms with Gasteiger partial charge in [0.25, 0.3) is 0 Å². The molecule has 0 N–H and O–H groups in total. The number of imidazole rings is 1. The first kappa shape index (κ1) is 19.3. The van der Waals surface area contributed by atoms with Crippen molar-refractivity contribution in [1.29, 1.82) is 0 Å². The predicted molar refractivity (Wildman–Crippen MR) is 112 cm³/mol. The molecule has 30 heavy (non-hydrogen) atoms. The largest absolute Gasteiger partial charge is 0.490 e. The first-order valence-corrected chi connectivity index (χ1v) is 10.6. The zero-order valence-corrected chi connectivity index (χ0v) is 18.0. The molecule has 158 valence electrons. The molecular weight excluding hydrogens is 380 g/mol. The lowest BCUT2D eigenvalue weighted by Gasteiger charge is -2.24. The number of carbonyl (C=O) groups is 1. The van der Waals surface area contributed by atoms with E-state index in [9.17, 15) is 4.79 Å². The van der Waals surface area contributed by atoms with Crippen LogP contribution in [0.3, 0.4) is 0 Å². The minimum Gasteiger partial charge on any atom is -0.490 e. The van der Waals surface area contributed by atoms with Gasteiger partial charge in [0.15, 0.2) is 5.78 Å². The quantitative estimate of drug-likeness (QED) is 0.584. The fourth-order valence-electron chi connectivity index (χ4n) is 4.90. The molecule has 1 aliphatic heterocycles. The van der Waals surface area contributed by atoms with Gasteiger partial charge in [-0.15, -0.1) is 0 Å². The van der Waals surface area contributed by atoms with Crippen molar-refractivity contribution in [3.63, 3.8) is 0 Å². The number of carbonyl (C=O) groups excluding carboxylic acids is 1. The molecule has 2 bridgehead atoms. The van der Waals surface area contributed by atoms with E-state index in [1.165, 1.54) is 0 Å². The monoisotopic (exact) mass is 408 g/mol. The Morgan fingerprint density at radius 3 is 2.77 bits per heavy atom. The second-order valence-corrected chi connectivity index (χ2v) is 9.39. The van der Waals surface area contributed by atoms with E-state index in [0.717, 1.165) is 36.3 Å². The number of hydrogen-bond acceptors (Lipinski definition) is 5. The van der Waals surface area contributed by atoms with Gasteiger partial charge in [0, 0.05) is 37.1 Å². The highest BCUT2D eigenvalue weighted by atomic mass is 16.5. The van der Waals surface area contributed by atoms with Gasteiger partial charge in [-0.25, -0.2) is 4.98 Å². The third-order valence-electron chi connectivity index (χ3n) is 6.41. The molecule has 2 atom stereocenters. The Morgan fingerprint density at radius 1 is 1.33 bits per heavy atom. The fraction of sp³-hybridized carbons (Fsp3) is 0.522. The molecule has 0 amide bonds. The second-order valence-electron chi connectivity index (χ2n) is 9.39. The van der Waals surface area contributed by atoms with E-state index in [1.807, 2.05) is 49.8 Å². The van der Waals surface area contributed by atoms with Crippen molar-refractivity contribution in [2.45, 2.75) is 63.6 Å². The highest BCUT2D eigenvalue weighted by molar-refractivity contribution is 6.00. The topological polar surface area (TPSA) is 70.7 Å². The molecule has 4 heterocycles. The van der Waals surface area contributed by atoms with Crippen molar-refractivity contribution in [1.82, 2.24) is 19.2 Å². The number of fused-ring (bicyclic) bond motifs is 3. The van der Waals surface area contributed by atoms with Gasteiger partial charge in [-0.1, -0.05) is 0 Å². The van der Waals surface area contributed by atoms with E-state index in [1.54, 1.807) is 4.68 Å². The Balaban J connectivity index is 1.53. The van der Waals surface area contributed by atoms with Crippen molar-refractivity contribution in [2.75, 3.05) is 6.61 Å². The maximum absolute atomic E-state index is 13.1. The molecular formula is C23H28N4O3. The van der Waals surface area contributed by atoms with Crippen LogP contribution in [-0.2, 0) is 23.6 Å². The normalized spacial score (nSPS) is 25.5. The Bertz CT molecular complexity index is 1120. The van der Waals surface area contributed by atoms with Gasteiger partial charge in [0.2, 0.25) is 0 Å². The number of hydrogen-bond donors (Lipinski definition) is 0. The zero-order chi connectivity index (χ0) is 21.1. The Morgan fingerprint density at radius 2 is 2.17 bits per heavy atom. The Kier molecular flexibility index (Phi) is 4.29. The van der Waals surface area contributed by atoms with Crippen LogP contribution in [0.2, 0.25) is 0 Å². The van der Waals surface area contributed by atoms with Gasteiger partial charge >= 0.3 is 0 Å². The van der Waals surface area contributed by atoms with Crippen LogP contribution in [0.5, 0.6) is 5.75 Å². The minimum atomic E-state index is -0.0411. The van der Waals surface area contributed by atoms with Crippen LogP contribution in [0, 0.1) is 0 Å². The molecule has 0 aromatic carbocycles. The number of ketones is 1. The van der Waals surface area contributed by atoms with E-state index in [-0.39, 0.29) is 29.3 Å². The summed E-state index contributed by atoms with van der Waals surface area (Å²) in [5, 5.41) is 4.34. The van der Waals surface area contributed by atoms with Crippen molar-refractivity contribution >= 4 is 11.4 Å². The van der Waals surface area contributed by atoms with Crippen molar-refractivity contribution in [3.05, 3.63) is 47.7 Å². The molecule has 1 saturated carbocycles. The van der Waals surface area contributed by atoms with Crippen LogP contribution in [0.15, 0.2) is 30.7 Å². The summed E-state index contributed by atoms with van der Waals surface area (Å²) in [6, 6.07) is 3.75. The average molecular weight is 409 g/mol. The summed E-state index contributed by atoms with van der Waals surface area (Å²) in [6.07, 6.45) is 9.12. The van der Waals surface area contributed by atoms with Crippen molar-refractivity contribution < 1.29 is 14.3 Å². The summed E-state index contributed by atoms with van der Waals surface area (Å²) < 4.78 is 15.7. The number of ether oxygens (including phenoxy) is 2. The van der Waals surface area contributed by atoms with Gasteiger partial charge in [0.1, 0.15) is 11.4 Å². The number of aryl methyl sites for hydroxylation is 1. The SMILES string of the molecule is CC(C)Oc1cc2nc(C34CCC(C)(C3)OC4)cn2cc1C(=O)Cc1ccn(C)n1. The van der Waals surface area contributed by atoms with E-state index in [0.29, 0.717) is 17.9 Å². The summed E-state index contributed by atoms with van der Waals surface area (Å²) in [5.41, 5.74) is 3.11. The van der Waals surface area contributed by atoms with Crippen LogP contribution < -0.4 is 4.74 Å². The summed E-state index contributed by atoms with van der Waals surface area (Å²) >= 11 is 0. The molecule has 5 rings (SSSR count). The van der Waals surface area contributed by atoms with Gasteiger partial charge in [0.05, 0.1) is 41.7 Å². The number of pyridine rings is 1. The lowest BCUT2D eigenvalue weighted by Crippen LogP contribution is -2.26. The molecule has 3 aromatic heterocycles. The fourth-order valence-corrected chi connectivity index (χ4v) is 4.90. The molecule has 7 heteroatoms. The maximum atomic E-state index is 13.1. The van der Waals surface area contributed by atoms with Gasteiger partial charge in [-0.2, -0.15) is 5.10 Å². The first-order chi connectivity index (χ1) is 14.3. The summed E-state index contributed by atoms with van der Waals surface area (Å²) in [5.74, 6) is 0.560. The molecule has 2 fully saturated rings. The summed E-state index contributed by atoms with van der Waals surface area (Å²) in [4.78, 5) is 18.0. The molecule has 1 saturated heterocycles. The summed E-state index contributed by atoms with van der Waals surface area (Å²) in [6.45, 7) is 6.83. The van der Waals surface area contributed by atoms with Crippen LogP contribution >= 0.6 is 0 Å².